The normalized spacial score (nSPS) is 10.7. The van der Waals surface area contributed by atoms with Crippen LogP contribution in [0.25, 0.3) is 22.0 Å². The SMILES string of the molecule is COc1ccc(-c2cc(=O)n(CCNC(=O)COc3cccc4ccccc34)cn2)cc1. The zero-order valence-corrected chi connectivity index (χ0v) is 17.7. The number of hydrogen-bond donors (Lipinski definition) is 1. The Morgan fingerprint density at radius 1 is 1.03 bits per heavy atom. The van der Waals surface area contributed by atoms with Crippen molar-refractivity contribution in [2.24, 2.45) is 0 Å². The molecular weight excluding hydrogens is 406 g/mol. The second-order valence-corrected chi connectivity index (χ2v) is 7.15. The highest BCUT2D eigenvalue weighted by Gasteiger charge is 2.07. The Labute approximate surface area is 185 Å². The summed E-state index contributed by atoms with van der Waals surface area (Å²) in [7, 11) is 1.60. The van der Waals surface area contributed by atoms with Gasteiger partial charge in [0.25, 0.3) is 11.5 Å². The molecule has 0 atom stereocenters. The molecule has 1 N–H and O–H groups in total. The molecule has 4 rings (SSSR count). The first-order valence-electron chi connectivity index (χ1n) is 10.2. The smallest absolute Gasteiger partial charge is 0.258 e. The van der Waals surface area contributed by atoms with Gasteiger partial charge in [-0.15, -0.1) is 0 Å². The van der Waals surface area contributed by atoms with Gasteiger partial charge in [0.15, 0.2) is 6.61 Å². The quantitative estimate of drug-likeness (QED) is 0.465. The van der Waals surface area contributed by atoms with Crippen LogP contribution in [0.1, 0.15) is 0 Å². The first-order chi connectivity index (χ1) is 15.6. The van der Waals surface area contributed by atoms with Gasteiger partial charge in [-0.1, -0.05) is 36.4 Å². The van der Waals surface area contributed by atoms with E-state index < -0.39 is 0 Å². The zero-order chi connectivity index (χ0) is 22.3. The number of rotatable bonds is 8. The number of hydrogen-bond acceptors (Lipinski definition) is 5. The molecule has 1 amide bonds. The van der Waals surface area contributed by atoms with Crippen molar-refractivity contribution < 1.29 is 14.3 Å². The summed E-state index contributed by atoms with van der Waals surface area (Å²) in [5, 5.41) is 4.78. The molecule has 0 saturated carbocycles. The van der Waals surface area contributed by atoms with Crippen LogP contribution < -0.4 is 20.3 Å². The standard InChI is InChI=1S/C25H23N3O4/c1-31-20-11-9-19(10-12-20)22-15-25(30)28(17-27-22)14-13-26-24(29)16-32-23-8-4-6-18-5-2-3-7-21(18)23/h2-12,15,17H,13-14,16H2,1H3,(H,26,29). The Morgan fingerprint density at radius 3 is 2.59 bits per heavy atom. The molecule has 0 spiro atoms. The maximum atomic E-state index is 12.4. The number of benzene rings is 3. The van der Waals surface area contributed by atoms with E-state index in [-0.39, 0.29) is 18.1 Å². The third-order valence-corrected chi connectivity index (χ3v) is 5.05. The molecule has 0 aliphatic heterocycles. The van der Waals surface area contributed by atoms with Crippen LogP contribution in [0.2, 0.25) is 0 Å². The molecule has 1 aromatic heterocycles. The van der Waals surface area contributed by atoms with Gasteiger partial charge in [0.2, 0.25) is 0 Å². The molecule has 1 heterocycles. The fraction of sp³-hybridized carbons (Fsp3) is 0.160. The van der Waals surface area contributed by atoms with E-state index in [4.69, 9.17) is 9.47 Å². The molecule has 0 radical (unpaired) electrons. The lowest BCUT2D eigenvalue weighted by Crippen LogP contribution is -2.33. The van der Waals surface area contributed by atoms with Crippen LogP contribution in [0.15, 0.2) is 83.9 Å². The average molecular weight is 429 g/mol. The van der Waals surface area contributed by atoms with E-state index in [1.807, 2.05) is 66.7 Å². The van der Waals surface area contributed by atoms with Crippen molar-refractivity contribution in [3.63, 3.8) is 0 Å². The summed E-state index contributed by atoms with van der Waals surface area (Å²) in [4.78, 5) is 28.9. The molecule has 0 bridgehead atoms. The molecule has 0 saturated heterocycles. The summed E-state index contributed by atoms with van der Waals surface area (Å²) in [6.45, 7) is 0.507. The van der Waals surface area contributed by atoms with E-state index in [0.717, 1.165) is 22.1 Å². The minimum atomic E-state index is -0.256. The minimum absolute atomic E-state index is 0.0996. The predicted molar refractivity (Wildman–Crippen MR) is 123 cm³/mol. The maximum absolute atomic E-state index is 12.4. The van der Waals surface area contributed by atoms with Gasteiger partial charge in [0, 0.05) is 30.1 Å². The van der Waals surface area contributed by atoms with Crippen molar-refractivity contribution in [2.45, 2.75) is 6.54 Å². The molecule has 162 valence electrons. The van der Waals surface area contributed by atoms with Gasteiger partial charge in [-0.05, 0) is 35.7 Å². The van der Waals surface area contributed by atoms with Crippen molar-refractivity contribution in [3.8, 4) is 22.8 Å². The van der Waals surface area contributed by atoms with Crippen molar-refractivity contribution in [3.05, 3.63) is 89.5 Å². The number of amides is 1. The van der Waals surface area contributed by atoms with Gasteiger partial charge in [-0.25, -0.2) is 4.98 Å². The summed E-state index contributed by atoms with van der Waals surface area (Å²) in [5.41, 5.74) is 1.22. The van der Waals surface area contributed by atoms with E-state index >= 15 is 0 Å². The van der Waals surface area contributed by atoms with Gasteiger partial charge in [0.1, 0.15) is 11.5 Å². The molecule has 32 heavy (non-hydrogen) atoms. The van der Waals surface area contributed by atoms with Gasteiger partial charge in [-0.3, -0.25) is 14.2 Å². The number of methoxy groups -OCH3 is 1. The zero-order valence-electron chi connectivity index (χ0n) is 17.7. The van der Waals surface area contributed by atoms with Gasteiger partial charge < -0.3 is 14.8 Å². The van der Waals surface area contributed by atoms with Crippen molar-refractivity contribution >= 4 is 16.7 Å². The van der Waals surface area contributed by atoms with Gasteiger partial charge >= 0.3 is 0 Å². The second kappa shape index (κ2) is 9.78. The highest BCUT2D eigenvalue weighted by atomic mass is 16.5. The van der Waals surface area contributed by atoms with Crippen LogP contribution in [-0.2, 0) is 11.3 Å². The first kappa shape index (κ1) is 21.1. The lowest BCUT2D eigenvalue weighted by Gasteiger charge is -2.11. The van der Waals surface area contributed by atoms with Crippen molar-refractivity contribution in [2.75, 3.05) is 20.3 Å². The first-order valence-corrected chi connectivity index (χ1v) is 10.2. The third kappa shape index (κ3) is 4.95. The van der Waals surface area contributed by atoms with Crippen LogP contribution in [0, 0.1) is 0 Å². The highest BCUT2D eigenvalue weighted by Crippen LogP contribution is 2.25. The number of carbonyl (C=O) groups is 1. The Morgan fingerprint density at radius 2 is 1.81 bits per heavy atom. The van der Waals surface area contributed by atoms with Crippen LogP contribution in [0.4, 0.5) is 0 Å². The molecular formula is C25H23N3O4. The fourth-order valence-electron chi connectivity index (χ4n) is 3.35. The van der Waals surface area contributed by atoms with E-state index in [0.29, 0.717) is 24.5 Å². The molecule has 0 aliphatic carbocycles. The largest absolute Gasteiger partial charge is 0.497 e. The number of nitrogens with one attached hydrogen (secondary N) is 1. The molecule has 7 heteroatoms. The average Bonchev–Trinajstić information content (AvgIpc) is 2.83. The van der Waals surface area contributed by atoms with Gasteiger partial charge in [-0.2, -0.15) is 0 Å². The number of carbonyl (C=O) groups excluding carboxylic acids is 1. The van der Waals surface area contributed by atoms with E-state index in [1.54, 1.807) is 7.11 Å². The summed E-state index contributed by atoms with van der Waals surface area (Å²) >= 11 is 0. The Hall–Kier alpha value is -4.13. The number of aromatic nitrogens is 2. The molecule has 3 aromatic carbocycles. The monoisotopic (exact) mass is 429 g/mol. The Balaban J connectivity index is 1.30. The number of nitrogens with zero attached hydrogens (tertiary/aromatic N) is 2. The third-order valence-electron chi connectivity index (χ3n) is 5.05. The topological polar surface area (TPSA) is 82.5 Å². The molecule has 0 aliphatic rings. The Bertz CT molecular complexity index is 1280. The summed E-state index contributed by atoms with van der Waals surface area (Å²) in [5.74, 6) is 1.14. The number of fused-ring (bicyclic) bond motifs is 1. The molecule has 7 nitrogen and oxygen atoms in total. The van der Waals surface area contributed by atoms with E-state index in [1.165, 1.54) is 17.0 Å². The van der Waals surface area contributed by atoms with Crippen molar-refractivity contribution in [1.29, 1.82) is 0 Å². The number of ether oxygens (including phenoxy) is 2. The van der Waals surface area contributed by atoms with E-state index in [9.17, 15) is 9.59 Å². The summed E-state index contributed by atoms with van der Waals surface area (Å²) < 4.78 is 12.3. The molecule has 0 fully saturated rings. The summed E-state index contributed by atoms with van der Waals surface area (Å²) in [6.07, 6.45) is 1.49. The fourth-order valence-corrected chi connectivity index (χ4v) is 3.35. The van der Waals surface area contributed by atoms with Crippen LogP contribution in [-0.4, -0.2) is 35.7 Å². The van der Waals surface area contributed by atoms with Crippen molar-refractivity contribution in [1.82, 2.24) is 14.9 Å². The second-order valence-electron chi connectivity index (χ2n) is 7.15. The summed E-state index contributed by atoms with van der Waals surface area (Å²) in [6, 6.07) is 22.4. The minimum Gasteiger partial charge on any atom is -0.497 e. The predicted octanol–water partition coefficient (Wildman–Crippen LogP) is 3.27. The lowest BCUT2D eigenvalue weighted by molar-refractivity contribution is -0.123. The molecule has 4 aromatic rings. The Kier molecular flexibility index (Phi) is 6.46. The van der Waals surface area contributed by atoms with Crippen LogP contribution >= 0.6 is 0 Å². The molecule has 0 unspecified atom stereocenters. The van der Waals surface area contributed by atoms with Crippen LogP contribution in [0.3, 0.4) is 0 Å². The van der Waals surface area contributed by atoms with Crippen LogP contribution in [0.5, 0.6) is 11.5 Å². The van der Waals surface area contributed by atoms with Gasteiger partial charge in [0.05, 0.1) is 19.1 Å². The maximum Gasteiger partial charge on any atom is 0.258 e. The highest BCUT2D eigenvalue weighted by molar-refractivity contribution is 5.88. The lowest BCUT2D eigenvalue weighted by atomic mass is 10.1. The van der Waals surface area contributed by atoms with E-state index in [2.05, 4.69) is 10.3 Å².